The Morgan fingerprint density at radius 2 is 1.87 bits per heavy atom. The van der Waals surface area contributed by atoms with Crippen molar-refractivity contribution in [3.63, 3.8) is 0 Å². The van der Waals surface area contributed by atoms with Gasteiger partial charge in [-0.05, 0) is 50.3 Å². The number of carbonyl (C=O) groups is 2. The molecule has 2 amide bonds. The highest BCUT2D eigenvalue weighted by Crippen LogP contribution is 2.32. The van der Waals surface area contributed by atoms with Gasteiger partial charge < -0.3 is 20.1 Å². The first-order valence-electron chi connectivity index (χ1n) is 14.8. The number of aromatic nitrogens is 7. The van der Waals surface area contributed by atoms with Crippen LogP contribution < -0.4 is 10.6 Å². The molecule has 5 rings (SSSR count). The minimum absolute atomic E-state index is 0.000499. The highest BCUT2D eigenvalue weighted by atomic mass is 19.4. The molecule has 46 heavy (non-hydrogen) atoms. The number of hydrogen-bond donors (Lipinski definition) is 2. The summed E-state index contributed by atoms with van der Waals surface area (Å²) in [6.07, 6.45) is 1.35. The van der Waals surface area contributed by atoms with Gasteiger partial charge >= 0.3 is 12.3 Å². The summed E-state index contributed by atoms with van der Waals surface area (Å²) in [5.74, 6) is -0.573. The standard InChI is InChI=1S/C30H36F3N9O4/c1-29(2,19-41-24(14-25(39-41)30(31,32)33)23-16-35-42(38-23)26-11-7-8-12-45-26)37-27(43)22(13-21-15-34-40(3)17-21)36-28(44)46-18-20-9-5-4-6-10-20/h4-6,9-10,14-17,22,26H,7-8,11-13,18-19H2,1-3H3,(H,36,44)(H,37,43)/t22-,26?/m1/s1. The van der Waals surface area contributed by atoms with Crippen LogP contribution in [-0.4, -0.2) is 64.7 Å². The number of alkyl halides is 3. The Morgan fingerprint density at radius 1 is 1.09 bits per heavy atom. The van der Waals surface area contributed by atoms with E-state index in [1.807, 2.05) is 18.2 Å². The number of nitrogens with one attached hydrogen (secondary N) is 2. The molecule has 1 aliphatic rings. The highest BCUT2D eigenvalue weighted by Gasteiger charge is 2.37. The number of halogens is 3. The molecule has 0 saturated carbocycles. The fourth-order valence-electron chi connectivity index (χ4n) is 5.08. The Bertz CT molecular complexity index is 1630. The van der Waals surface area contributed by atoms with E-state index < -0.39 is 41.7 Å². The van der Waals surface area contributed by atoms with Crippen LogP contribution in [0.4, 0.5) is 18.0 Å². The van der Waals surface area contributed by atoms with Crippen LogP contribution in [0.15, 0.2) is 55.0 Å². The molecule has 4 aromatic rings. The first-order chi connectivity index (χ1) is 21.9. The van der Waals surface area contributed by atoms with Crippen molar-refractivity contribution in [1.82, 2.24) is 45.2 Å². The number of benzene rings is 1. The fourth-order valence-corrected chi connectivity index (χ4v) is 5.08. The van der Waals surface area contributed by atoms with E-state index in [-0.39, 0.29) is 31.0 Å². The molecule has 0 aliphatic carbocycles. The monoisotopic (exact) mass is 643 g/mol. The Kier molecular flexibility index (Phi) is 9.74. The van der Waals surface area contributed by atoms with Crippen molar-refractivity contribution in [2.45, 2.75) is 76.7 Å². The third-order valence-corrected chi connectivity index (χ3v) is 7.28. The van der Waals surface area contributed by atoms with Gasteiger partial charge in [-0.25, -0.2) is 4.79 Å². The van der Waals surface area contributed by atoms with Crippen LogP contribution in [0.1, 0.15) is 56.2 Å². The molecule has 3 aromatic heterocycles. The van der Waals surface area contributed by atoms with Crippen molar-refractivity contribution in [2.75, 3.05) is 6.61 Å². The molecule has 16 heteroatoms. The van der Waals surface area contributed by atoms with E-state index in [1.54, 1.807) is 50.1 Å². The first-order valence-corrected chi connectivity index (χ1v) is 14.8. The molecule has 1 aromatic carbocycles. The third-order valence-electron chi connectivity index (χ3n) is 7.28. The summed E-state index contributed by atoms with van der Waals surface area (Å²) in [6.45, 7) is 3.68. The van der Waals surface area contributed by atoms with Gasteiger partial charge in [0, 0.05) is 26.3 Å². The molecule has 2 N–H and O–H groups in total. The molecule has 1 unspecified atom stereocenters. The number of hydrogen-bond acceptors (Lipinski definition) is 8. The lowest BCUT2D eigenvalue weighted by Gasteiger charge is -2.29. The average molecular weight is 644 g/mol. The van der Waals surface area contributed by atoms with Crippen molar-refractivity contribution in [3.8, 4) is 11.4 Å². The quantitative estimate of drug-likeness (QED) is 0.250. The summed E-state index contributed by atoms with van der Waals surface area (Å²) in [6, 6.07) is 8.89. The van der Waals surface area contributed by atoms with Gasteiger partial charge in [0.05, 0.1) is 30.2 Å². The van der Waals surface area contributed by atoms with Crippen molar-refractivity contribution in [1.29, 1.82) is 0 Å². The Morgan fingerprint density at radius 3 is 2.54 bits per heavy atom. The Labute approximate surface area is 263 Å². The van der Waals surface area contributed by atoms with E-state index in [9.17, 15) is 22.8 Å². The number of nitrogens with zero attached hydrogens (tertiary/aromatic N) is 7. The summed E-state index contributed by atoms with van der Waals surface area (Å²) in [5, 5.41) is 22.0. The third kappa shape index (κ3) is 8.50. The van der Waals surface area contributed by atoms with Crippen LogP contribution in [0.2, 0.25) is 0 Å². The number of aryl methyl sites for hydroxylation is 1. The number of alkyl carbamates (subject to hydrolysis) is 1. The largest absolute Gasteiger partial charge is 0.445 e. The second-order valence-electron chi connectivity index (χ2n) is 11.8. The second kappa shape index (κ2) is 13.7. The minimum Gasteiger partial charge on any atom is -0.445 e. The molecule has 1 fully saturated rings. The zero-order valence-corrected chi connectivity index (χ0v) is 25.7. The van der Waals surface area contributed by atoms with E-state index in [0.29, 0.717) is 18.6 Å². The predicted molar refractivity (Wildman–Crippen MR) is 158 cm³/mol. The molecule has 0 bridgehead atoms. The predicted octanol–water partition coefficient (Wildman–Crippen LogP) is 4.03. The highest BCUT2D eigenvalue weighted by molar-refractivity contribution is 5.86. The summed E-state index contributed by atoms with van der Waals surface area (Å²) in [4.78, 5) is 27.7. The van der Waals surface area contributed by atoms with Crippen LogP contribution in [-0.2, 0) is 47.1 Å². The lowest BCUT2D eigenvalue weighted by atomic mass is 10.0. The SMILES string of the molecule is Cn1cc(C[C@@H](NC(=O)OCc2ccccc2)C(=O)NC(C)(C)Cn2nc(C(F)(F)F)cc2-c2cnn(C3CCCCO3)n2)cn1. The van der Waals surface area contributed by atoms with Crippen molar-refractivity contribution in [2.24, 2.45) is 7.05 Å². The first kappa shape index (κ1) is 32.7. The van der Waals surface area contributed by atoms with Gasteiger partial charge in [0.2, 0.25) is 5.91 Å². The zero-order valence-electron chi connectivity index (χ0n) is 25.7. The lowest BCUT2D eigenvalue weighted by Crippen LogP contribution is -2.55. The molecule has 0 spiro atoms. The molecular formula is C30H36F3N9O4. The van der Waals surface area contributed by atoms with Gasteiger partial charge in [0.25, 0.3) is 0 Å². The van der Waals surface area contributed by atoms with Gasteiger partial charge in [-0.3, -0.25) is 14.2 Å². The van der Waals surface area contributed by atoms with Crippen molar-refractivity contribution >= 4 is 12.0 Å². The number of rotatable bonds is 11. The van der Waals surface area contributed by atoms with E-state index >= 15 is 0 Å². The zero-order chi connectivity index (χ0) is 32.9. The van der Waals surface area contributed by atoms with Crippen LogP contribution in [0, 0.1) is 0 Å². The molecule has 13 nitrogen and oxygen atoms in total. The topological polar surface area (TPSA) is 143 Å². The maximum absolute atomic E-state index is 13.8. The molecular weight excluding hydrogens is 607 g/mol. The Balaban J connectivity index is 1.32. The van der Waals surface area contributed by atoms with Crippen LogP contribution in [0.3, 0.4) is 0 Å². The average Bonchev–Trinajstić information content (AvgIpc) is 3.76. The van der Waals surface area contributed by atoms with Crippen molar-refractivity contribution in [3.05, 3.63) is 71.8 Å². The summed E-state index contributed by atoms with van der Waals surface area (Å²) in [7, 11) is 1.72. The maximum Gasteiger partial charge on any atom is 0.435 e. The molecule has 1 aliphatic heterocycles. The molecule has 2 atom stereocenters. The van der Waals surface area contributed by atoms with Crippen LogP contribution in [0.5, 0.6) is 0 Å². The van der Waals surface area contributed by atoms with Gasteiger partial charge in [-0.2, -0.15) is 33.3 Å². The maximum atomic E-state index is 13.8. The fraction of sp³-hybridized carbons (Fsp3) is 0.467. The van der Waals surface area contributed by atoms with Gasteiger partial charge in [-0.15, -0.1) is 5.10 Å². The van der Waals surface area contributed by atoms with Gasteiger partial charge in [0.1, 0.15) is 18.3 Å². The number of carbonyl (C=O) groups excluding carboxylic acids is 2. The van der Waals surface area contributed by atoms with Crippen molar-refractivity contribution < 1.29 is 32.2 Å². The summed E-state index contributed by atoms with van der Waals surface area (Å²) < 4.78 is 55.1. The van der Waals surface area contributed by atoms with Gasteiger partial charge in [0.15, 0.2) is 11.9 Å². The smallest absolute Gasteiger partial charge is 0.435 e. The van der Waals surface area contributed by atoms with Crippen LogP contribution >= 0.6 is 0 Å². The lowest BCUT2D eigenvalue weighted by molar-refractivity contribution is -0.141. The molecule has 0 radical (unpaired) electrons. The number of amides is 2. The minimum atomic E-state index is -4.71. The molecule has 246 valence electrons. The molecule has 1 saturated heterocycles. The second-order valence-corrected chi connectivity index (χ2v) is 11.8. The molecule has 4 heterocycles. The van der Waals surface area contributed by atoms with E-state index in [4.69, 9.17) is 9.47 Å². The van der Waals surface area contributed by atoms with E-state index in [2.05, 4.69) is 31.0 Å². The van der Waals surface area contributed by atoms with E-state index in [1.165, 1.54) is 11.0 Å². The Hall–Kier alpha value is -4.73. The van der Waals surface area contributed by atoms with Gasteiger partial charge in [-0.1, -0.05) is 30.3 Å². The summed E-state index contributed by atoms with van der Waals surface area (Å²) >= 11 is 0. The van der Waals surface area contributed by atoms with E-state index in [0.717, 1.165) is 29.2 Å². The van der Waals surface area contributed by atoms with Crippen LogP contribution in [0.25, 0.3) is 11.4 Å². The summed E-state index contributed by atoms with van der Waals surface area (Å²) in [5.41, 5.74) is -0.538. The number of ether oxygens (including phenoxy) is 2. The normalized spacial score (nSPS) is 16.2.